The Morgan fingerprint density at radius 3 is 2.52 bits per heavy atom. The van der Waals surface area contributed by atoms with Gasteiger partial charge in [0.1, 0.15) is 23.6 Å². The van der Waals surface area contributed by atoms with Gasteiger partial charge in [0.25, 0.3) is 5.91 Å². The summed E-state index contributed by atoms with van der Waals surface area (Å²) in [6, 6.07) is 5.13. The summed E-state index contributed by atoms with van der Waals surface area (Å²) in [6.07, 6.45) is -4.85. The number of ether oxygens (including phenoxy) is 1. The maximum absolute atomic E-state index is 12.8. The van der Waals surface area contributed by atoms with Crippen molar-refractivity contribution < 1.29 is 36.8 Å². The summed E-state index contributed by atoms with van der Waals surface area (Å²) in [7, 11) is 0. The molecule has 3 rings (SSSR count). The lowest BCUT2D eigenvalue weighted by Gasteiger charge is -2.22. The van der Waals surface area contributed by atoms with Crippen LogP contribution >= 0.6 is 0 Å². The number of hydrogen-bond acceptors (Lipinski definition) is 6. The van der Waals surface area contributed by atoms with Crippen LogP contribution in [0.25, 0.3) is 0 Å². The normalized spacial score (nSPS) is 19.3. The quantitative estimate of drug-likeness (QED) is 0.729. The molecule has 1 aromatic carbocycles. The van der Waals surface area contributed by atoms with E-state index in [4.69, 9.17) is 4.52 Å². The van der Waals surface area contributed by atoms with Crippen LogP contribution in [-0.2, 0) is 15.1 Å². The highest BCUT2D eigenvalue weighted by Crippen LogP contribution is 2.31. The molecule has 12 heteroatoms. The first-order chi connectivity index (χ1) is 13.5. The minimum Gasteiger partial charge on any atom is -0.406 e. The van der Waals surface area contributed by atoms with E-state index in [0.29, 0.717) is 10.7 Å². The van der Waals surface area contributed by atoms with Crippen molar-refractivity contribution in [2.75, 3.05) is 11.9 Å². The molecule has 0 radical (unpaired) electrons. The molecule has 0 spiro atoms. The monoisotopic (exact) mass is 412 g/mol. The summed E-state index contributed by atoms with van der Waals surface area (Å²) in [6.45, 7) is 2.42. The van der Waals surface area contributed by atoms with Crippen LogP contribution in [0.5, 0.6) is 5.75 Å². The molecule has 2 N–H and O–H groups in total. The van der Waals surface area contributed by atoms with Gasteiger partial charge in [-0.3, -0.25) is 14.5 Å². The zero-order valence-electron chi connectivity index (χ0n) is 15.2. The molecule has 1 aliphatic heterocycles. The number of alkyl halides is 3. The number of hydrogen-bond donors (Lipinski definition) is 2. The van der Waals surface area contributed by atoms with Crippen LogP contribution in [0.2, 0.25) is 0 Å². The smallest absolute Gasteiger partial charge is 0.406 e. The average Bonchev–Trinajstić information content (AvgIpc) is 3.11. The van der Waals surface area contributed by atoms with Crippen molar-refractivity contribution in [2.24, 2.45) is 0 Å². The van der Waals surface area contributed by atoms with Crippen LogP contribution < -0.4 is 15.4 Å². The van der Waals surface area contributed by atoms with Crippen molar-refractivity contribution in [1.82, 2.24) is 15.4 Å². The third-order valence-corrected chi connectivity index (χ3v) is 4.14. The van der Waals surface area contributed by atoms with E-state index in [0.717, 1.165) is 12.1 Å². The number of imide groups is 1. The lowest BCUT2D eigenvalue weighted by Crippen LogP contribution is -2.42. The van der Waals surface area contributed by atoms with Crippen LogP contribution in [0.3, 0.4) is 0 Å². The maximum Gasteiger partial charge on any atom is 0.573 e. The molecule has 0 aliphatic carbocycles. The largest absolute Gasteiger partial charge is 0.573 e. The first kappa shape index (κ1) is 20.2. The van der Waals surface area contributed by atoms with Crippen LogP contribution in [0, 0.1) is 6.92 Å². The second-order valence-corrected chi connectivity index (χ2v) is 6.39. The summed E-state index contributed by atoms with van der Waals surface area (Å²) >= 11 is 0. The third kappa shape index (κ3) is 4.31. The number of benzene rings is 1. The molecule has 9 nitrogen and oxygen atoms in total. The van der Waals surface area contributed by atoms with Gasteiger partial charge in [-0.2, -0.15) is 0 Å². The summed E-state index contributed by atoms with van der Waals surface area (Å²) in [5.74, 6) is -1.30. The number of halogens is 3. The van der Waals surface area contributed by atoms with Gasteiger partial charge in [0, 0.05) is 6.07 Å². The fourth-order valence-corrected chi connectivity index (χ4v) is 2.78. The molecule has 1 aliphatic rings. The van der Waals surface area contributed by atoms with E-state index in [-0.39, 0.29) is 11.4 Å². The molecular weight excluding hydrogens is 397 g/mol. The Labute approximate surface area is 161 Å². The van der Waals surface area contributed by atoms with Crippen molar-refractivity contribution >= 4 is 23.7 Å². The van der Waals surface area contributed by atoms with Gasteiger partial charge in [0.15, 0.2) is 5.82 Å². The van der Waals surface area contributed by atoms with Gasteiger partial charge in [-0.1, -0.05) is 17.3 Å². The predicted molar refractivity (Wildman–Crippen MR) is 90.6 cm³/mol. The summed E-state index contributed by atoms with van der Waals surface area (Å²) in [5.41, 5.74) is -1.33. The maximum atomic E-state index is 12.8. The van der Waals surface area contributed by atoms with Crippen molar-refractivity contribution in [3.05, 3.63) is 41.7 Å². The van der Waals surface area contributed by atoms with Crippen molar-refractivity contribution in [3.8, 4) is 5.75 Å². The van der Waals surface area contributed by atoms with Gasteiger partial charge >= 0.3 is 12.4 Å². The number of carbonyl (C=O) groups excluding carboxylic acids is 3. The molecule has 0 saturated carbocycles. The Morgan fingerprint density at radius 2 is 1.97 bits per heavy atom. The number of carbonyl (C=O) groups is 3. The van der Waals surface area contributed by atoms with Crippen molar-refractivity contribution in [1.29, 1.82) is 0 Å². The number of anilines is 1. The van der Waals surface area contributed by atoms with Gasteiger partial charge in [-0.05, 0) is 31.5 Å². The minimum absolute atomic E-state index is 0.127. The standard InChI is InChI=1S/C17H15F3N4O5/c1-9-7-12(23-29-9)21-13(25)8-24-14(26)16(2,22-15(24)27)10-3-5-11(6-4-10)28-17(18,19)20/h3-7H,8H2,1-2H3,(H,22,27)(H,21,23,25). The number of aromatic nitrogens is 1. The van der Waals surface area contributed by atoms with E-state index < -0.39 is 42.0 Å². The molecule has 4 amide bonds. The van der Waals surface area contributed by atoms with E-state index in [1.165, 1.54) is 25.1 Å². The molecule has 1 unspecified atom stereocenters. The average molecular weight is 412 g/mol. The summed E-state index contributed by atoms with van der Waals surface area (Å²) in [4.78, 5) is 37.8. The number of amides is 4. The number of aryl methyl sites for hydroxylation is 1. The molecule has 1 fully saturated rings. The molecule has 1 aromatic heterocycles. The van der Waals surface area contributed by atoms with Crippen LogP contribution in [0.15, 0.2) is 34.9 Å². The van der Waals surface area contributed by atoms with Gasteiger partial charge in [0.2, 0.25) is 5.91 Å². The van der Waals surface area contributed by atoms with E-state index in [1.54, 1.807) is 6.92 Å². The Morgan fingerprint density at radius 1 is 1.31 bits per heavy atom. The highest BCUT2D eigenvalue weighted by molar-refractivity contribution is 6.10. The topological polar surface area (TPSA) is 114 Å². The molecule has 154 valence electrons. The van der Waals surface area contributed by atoms with Crippen LogP contribution in [-0.4, -0.2) is 40.8 Å². The lowest BCUT2D eigenvalue weighted by molar-refractivity contribution is -0.274. The van der Waals surface area contributed by atoms with Gasteiger partial charge in [0.05, 0.1) is 0 Å². The van der Waals surface area contributed by atoms with Crippen molar-refractivity contribution in [3.63, 3.8) is 0 Å². The minimum atomic E-state index is -4.85. The highest BCUT2D eigenvalue weighted by Gasteiger charge is 2.49. The number of rotatable bonds is 5. The van der Waals surface area contributed by atoms with Crippen LogP contribution in [0.1, 0.15) is 18.2 Å². The van der Waals surface area contributed by atoms with Gasteiger partial charge < -0.3 is 19.9 Å². The molecule has 29 heavy (non-hydrogen) atoms. The van der Waals surface area contributed by atoms with E-state index in [1.807, 2.05) is 0 Å². The van der Waals surface area contributed by atoms with E-state index in [2.05, 4.69) is 20.5 Å². The zero-order valence-corrected chi connectivity index (χ0v) is 15.2. The molecular formula is C17H15F3N4O5. The first-order valence-corrected chi connectivity index (χ1v) is 8.21. The Balaban J connectivity index is 1.72. The second-order valence-electron chi connectivity index (χ2n) is 6.39. The first-order valence-electron chi connectivity index (χ1n) is 8.21. The number of nitrogens with zero attached hydrogens (tertiary/aromatic N) is 2. The molecule has 1 saturated heterocycles. The Bertz CT molecular complexity index is 957. The van der Waals surface area contributed by atoms with Gasteiger partial charge in [-0.15, -0.1) is 13.2 Å². The van der Waals surface area contributed by atoms with E-state index >= 15 is 0 Å². The van der Waals surface area contributed by atoms with Gasteiger partial charge in [-0.25, -0.2) is 4.79 Å². The second kappa shape index (κ2) is 7.11. The third-order valence-electron chi connectivity index (χ3n) is 4.14. The molecule has 2 aromatic rings. The number of nitrogens with one attached hydrogen (secondary N) is 2. The Hall–Kier alpha value is -3.57. The fraction of sp³-hybridized carbons (Fsp3) is 0.294. The highest BCUT2D eigenvalue weighted by atomic mass is 19.4. The molecule has 2 heterocycles. The summed E-state index contributed by atoms with van der Waals surface area (Å²) in [5, 5.41) is 8.41. The predicted octanol–water partition coefficient (Wildman–Crippen LogP) is 2.29. The SMILES string of the molecule is Cc1cc(NC(=O)CN2C(=O)NC(C)(c3ccc(OC(F)(F)F)cc3)C2=O)no1. The van der Waals surface area contributed by atoms with Crippen molar-refractivity contribution in [2.45, 2.75) is 25.7 Å². The van der Waals surface area contributed by atoms with Crippen LogP contribution in [0.4, 0.5) is 23.8 Å². The van der Waals surface area contributed by atoms with E-state index in [9.17, 15) is 27.6 Å². The zero-order chi connectivity index (χ0) is 21.4. The lowest BCUT2D eigenvalue weighted by atomic mass is 9.92. The summed E-state index contributed by atoms with van der Waals surface area (Å²) < 4.78 is 45.4. The molecule has 1 atom stereocenters. The number of urea groups is 1. The molecule has 0 bridgehead atoms. The fourth-order valence-electron chi connectivity index (χ4n) is 2.78. The Kier molecular flexibility index (Phi) is 4.95.